The zero-order valence-corrected chi connectivity index (χ0v) is 15.6. The minimum atomic E-state index is -0.382. The molecule has 0 saturated carbocycles. The molecule has 1 heterocycles. The van der Waals surface area contributed by atoms with Gasteiger partial charge >= 0.3 is 0 Å². The summed E-state index contributed by atoms with van der Waals surface area (Å²) in [6, 6.07) is 5.63. The van der Waals surface area contributed by atoms with Crippen molar-refractivity contribution in [2.45, 2.75) is 59.5 Å². The number of para-hydroxylation sites is 1. The molecule has 0 radical (unpaired) electrons. The molecule has 0 bridgehead atoms. The van der Waals surface area contributed by atoms with E-state index in [1.54, 1.807) is 0 Å². The monoisotopic (exact) mass is 334 g/mol. The SMILES string of the molecule is CC(C)(C)N[C@@H](Cc1c[nH]c2c(Cl)cccc12)C(=O)C(C)(C)C. The Balaban J connectivity index is 2.36. The summed E-state index contributed by atoms with van der Waals surface area (Å²) in [7, 11) is 0. The van der Waals surface area contributed by atoms with Crippen molar-refractivity contribution in [3.63, 3.8) is 0 Å². The predicted octanol–water partition coefficient (Wildman–Crippen LogP) is 4.74. The number of hydrogen-bond acceptors (Lipinski definition) is 2. The summed E-state index contributed by atoms with van der Waals surface area (Å²) in [6.07, 6.45) is 2.61. The van der Waals surface area contributed by atoms with Crippen molar-refractivity contribution in [1.29, 1.82) is 0 Å². The van der Waals surface area contributed by atoms with Gasteiger partial charge in [-0.2, -0.15) is 0 Å². The molecule has 0 saturated heterocycles. The Morgan fingerprint density at radius 3 is 2.43 bits per heavy atom. The fourth-order valence-electron chi connectivity index (χ4n) is 2.82. The molecule has 2 N–H and O–H groups in total. The number of rotatable bonds is 4. The first-order valence-electron chi connectivity index (χ1n) is 8.05. The van der Waals surface area contributed by atoms with Gasteiger partial charge < -0.3 is 10.3 Å². The number of H-pyrrole nitrogens is 1. The molecule has 0 spiro atoms. The summed E-state index contributed by atoms with van der Waals surface area (Å²) >= 11 is 6.23. The molecule has 0 aliphatic carbocycles. The molecule has 23 heavy (non-hydrogen) atoms. The summed E-state index contributed by atoms with van der Waals surface area (Å²) in [5.74, 6) is 0.226. The first kappa shape index (κ1) is 18.0. The number of hydrogen-bond donors (Lipinski definition) is 2. The number of fused-ring (bicyclic) bond motifs is 1. The van der Waals surface area contributed by atoms with E-state index >= 15 is 0 Å². The summed E-state index contributed by atoms with van der Waals surface area (Å²) in [6.45, 7) is 12.2. The number of Topliss-reactive ketones (excluding diaryl/α,β-unsaturated/α-hetero) is 1. The third-order valence-electron chi connectivity index (χ3n) is 3.84. The number of halogens is 1. The fourth-order valence-corrected chi connectivity index (χ4v) is 3.05. The molecule has 1 aromatic carbocycles. The maximum absolute atomic E-state index is 12.9. The highest BCUT2D eigenvalue weighted by Gasteiger charge is 2.32. The van der Waals surface area contributed by atoms with Gasteiger partial charge in [0, 0.05) is 22.5 Å². The smallest absolute Gasteiger partial charge is 0.155 e. The maximum Gasteiger partial charge on any atom is 0.155 e. The topological polar surface area (TPSA) is 44.9 Å². The lowest BCUT2D eigenvalue weighted by atomic mass is 9.83. The average molecular weight is 335 g/mol. The number of aromatic nitrogens is 1. The van der Waals surface area contributed by atoms with Crippen LogP contribution in [0.3, 0.4) is 0 Å². The standard InChI is InChI=1S/C19H27ClN2O/c1-18(2,3)17(23)15(22-19(4,5)6)10-12-11-21-16-13(12)8-7-9-14(16)20/h7-9,11,15,21-22H,10H2,1-6H3/t15-/m0/s1. The molecule has 0 aliphatic heterocycles. The number of ketones is 1. The second-order valence-corrected chi connectivity index (χ2v) is 8.65. The average Bonchev–Trinajstić information content (AvgIpc) is 2.79. The van der Waals surface area contributed by atoms with Crippen molar-refractivity contribution in [2.75, 3.05) is 0 Å². The highest BCUT2D eigenvalue weighted by molar-refractivity contribution is 6.35. The summed E-state index contributed by atoms with van der Waals surface area (Å²) in [5.41, 5.74) is 1.53. The zero-order valence-electron chi connectivity index (χ0n) is 14.9. The molecular formula is C19H27ClN2O. The van der Waals surface area contributed by atoms with Crippen molar-refractivity contribution in [3.8, 4) is 0 Å². The first-order chi connectivity index (χ1) is 10.5. The normalized spacial score (nSPS) is 14.2. The molecule has 0 fully saturated rings. The van der Waals surface area contributed by atoms with E-state index in [1.807, 2.05) is 45.2 Å². The number of aromatic amines is 1. The lowest BCUT2D eigenvalue weighted by Crippen LogP contribution is -2.51. The summed E-state index contributed by atoms with van der Waals surface area (Å²) in [5, 5.41) is 5.27. The van der Waals surface area contributed by atoms with Gasteiger partial charge in [-0.3, -0.25) is 4.79 Å². The predicted molar refractivity (Wildman–Crippen MR) is 98.2 cm³/mol. The van der Waals surface area contributed by atoms with Crippen molar-refractivity contribution in [1.82, 2.24) is 10.3 Å². The Morgan fingerprint density at radius 2 is 1.87 bits per heavy atom. The maximum atomic E-state index is 12.9. The lowest BCUT2D eigenvalue weighted by molar-refractivity contribution is -0.128. The molecule has 2 rings (SSSR count). The highest BCUT2D eigenvalue weighted by Crippen LogP contribution is 2.27. The molecule has 0 unspecified atom stereocenters. The molecule has 1 atom stereocenters. The van der Waals surface area contributed by atoms with Crippen LogP contribution in [0, 0.1) is 5.41 Å². The van der Waals surface area contributed by atoms with Gasteiger partial charge in [0.2, 0.25) is 0 Å². The molecule has 3 nitrogen and oxygen atoms in total. The van der Waals surface area contributed by atoms with E-state index < -0.39 is 0 Å². The van der Waals surface area contributed by atoms with E-state index in [4.69, 9.17) is 11.6 Å². The minimum absolute atomic E-state index is 0.130. The van der Waals surface area contributed by atoms with Crippen molar-refractivity contribution < 1.29 is 4.79 Å². The van der Waals surface area contributed by atoms with Crippen LogP contribution in [0.2, 0.25) is 5.02 Å². The third kappa shape index (κ3) is 4.36. The zero-order chi connectivity index (χ0) is 17.4. The number of carbonyl (C=O) groups is 1. The van der Waals surface area contributed by atoms with Crippen molar-refractivity contribution in [3.05, 3.63) is 35.0 Å². The fraction of sp³-hybridized carbons (Fsp3) is 0.526. The van der Waals surface area contributed by atoms with Gasteiger partial charge in [-0.25, -0.2) is 0 Å². The molecule has 0 aliphatic rings. The second-order valence-electron chi connectivity index (χ2n) is 8.24. The van der Waals surface area contributed by atoms with Gasteiger partial charge in [0.1, 0.15) is 0 Å². The Hall–Kier alpha value is -1.32. The molecule has 0 amide bonds. The van der Waals surface area contributed by atoms with Crippen LogP contribution in [0.4, 0.5) is 0 Å². The van der Waals surface area contributed by atoms with Gasteiger partial charge in [-0.05, 0) is 38.8 Å². The quantitative estimate of drug-likeness (QED) is 0.848. The number of nitrogens with one attached hydrogen (secondary N) is 2. The van der Waals surface area contributed by atoms with Gasteiger partial charge in [0.15, 0.2) is 5.78 Å². The van der Waals surface area contributed by atoms with Crippen LogP contribution in [0.15, 0.2) is 24.4 Å². The van der Waals surface area contributed by atoms with Crippen LogP contribution in [0.5, 0.6) is 0 Å². The van der Waals surface area contributed by atoms with E-state index in [0.29, 0.717) is 11.4 Å². The van der Waals surface area contributed by atoms with Gasteiger partial charge in [0.05, 0.1) is 16.6 Å². The highest BCUT2D eigenvalue weighted by atomic mass is 35.5. The Morgan fingerprint density at radius 1 is 1.22 bits per heavy atom. The summed E-state index contributed by atoms with van der Waals surface area (Å²) < 4.78 is 0. The third-order valence-corrected chi connectivity index (χ3v) is 4.15. The van der Waals surface area contributed by atoms with E-state index in [0.717, 1.165) is 16.5 Å². The van der Waals surface area contributed by atoms with Crippen LogP contribution in [-0.2, 0) is 11.2 Å². The Kier molecular flexibility index (Phi) is 4.93. The van der Waals surface area contributed by atoms with Crippen LogP contribution < -0.4 is 5.32 Å². The van der Waals surface area contributed by atoms with Crippen molar-refractivity contribution >= 4 is 28.3 Å². The molecule has 126 valence electrons. The summed E-state index contributed by atoms with van der Waals surface area (Å²) in [4.78, 5) is 16.1. The minimum Gasteiger partial charge on any atom is -0.360 e. The molecule has 2 aromatic rings. The Labute approximate surface area is 143 Å². The van der Waals surface area contributed by atoms with Crippen LogP contribution in [0.25, 0.3) is 10.9 Å². The number of carbonyl (C=O) groups excluding carboxylic acids is 1. The van der Waals surface area contributed by atoms with Crippen molar-refractivity contribution in [2.24, 2.45) is 5.41 Å². The first-order valence-corrected chi connectivity index (χ1v) is 8.43. The Bertz CT molecular complexity index is 704. The van der Waals surface area contributed by atoms with Gasteiger partial charge in [-0.1, -0.05) is 44.5 Å². The van der Waals surface area contributed by atoms with Crippen LogP contribution in [0.1, 0.15) is 47.1 Å². The van der Waals surface area contributed by atoms with E-state index in [2.05, 4.69) is 31.1 Å². The lowest BCUT2D eigenvalue weighted by Gasteiger charge is -2.31. The van der Waals surface area contributed by atoms with E-state index in [9.17, 15) is 4.79 Å². The molecular weight excluding hydrogens is 308 g/mol. The number of benzene rings is 1. The van der Waals surface area contributed by atoms with Crippen LogP contribution in [-0.4, -0.2) is 22.3 Å². The van der Waals surface area contributed by atoms with E-state index in [1.165, 1.54) is 0 Å². The second kappa shape index (κ2) is 6.29. The molecule has 4 heteroatoms. The largest absolute Gasteiger partial charge is 0.360 e. The van der Waals surface area contributed by atoms with Gasteiger partial charge in [0.25, 0.3) is 0 Å². The molecule has 1 aromatic heterocycles. The van der Waals surface area contributed by atoms with Gasteiger partial charge in [-0.15, -0.1) is 0 Å². The van der Waals surface area contributed by atoms with E-state index in [-0.39, 0.29) is 22.8 Å². The van der Waals surface area contributed by atoms with Crippen LogP contribution >= 0.6 is 11.6 Å².